The molecule has 1 aliphatic rings. The molecule has 0 atom stereocenters. The Balaban J connectivity index is 0.00000302. The third kappa shape index (κ3) is 4.99. The monoisotopic (exact) mass is 672 g/mol. The van der Waals surface area contributed by atoms with E-state index >= 15 is 0 Å². The van der Waals surface area contributed by atoms with Gasteiger partial charge in [0.25, 0.3) is 0 Å². The van der Waals surface area contributed by atoms with E-state index in [0.29, 0.717) is 45.0 Å². The molecule has 7 rings (SSSR count). The van der Waals surface area contributed by atoms with Crippen molar-refractivity contribution in [1.82, 2.24) is 19.9 Å². The molecule has 0 saturated carbocycles. The van der Waals surface area contributed by atoms with Crippen LogP contribution in [0.5, 0.6) is 11.5 Å². The number of phenols is 2. The average Bonchev–Trinajstić information content (AvgIpc) is 3.36. The number of aromatic hydroxyl groups is 2. The normalized spacial score (nSPS) is 11.4. The predicted octanol–water partition coefficient (Wildman–Crippen LogP) is 7.03. The molecule has 1 aliphatic carbocycles. The fourth-order valence-electron chi connectivity index (χ4n) is 5.27. The van der Waals surface area contributed by atoms with E-state index in [4.69, 9.17) is 9.97 Å². The Bertz CT molecular complexity index is 1910. The van der Waals surface area contributed by atoms with Crippen LogP contribution in [0.4, 0.5) is 0 Å². The van der Waals surface area contributed by atoms with Gasteiger partial charge in [-0.15, -0.1) is 0 Å². The Kier molecular flexibility index (Phi) is 7.51. The fraction of sp³-hybridized carbons (Fsp3) is 0.0588. The molecular weight excluding hydrogens is 648 g/mol. The van der Waals surface area contributed by atoms with E-state index in [0.717, 1.165) is 34.5 Å². The number of fused-ring (bicyclic) bond motifs is 3. The van der Waals surface area contributed by atoms with Crippen LogP contribution in [0.25, 0.3) is 56.4 Å². The first-order chi connectivity index (χ1) is 19.6. The number of aryl methyl sites for hydroxylation is 1. The van der Waals surface area contributed by atoms with Gasteiger partial charge in [-0.25, -0.2) is 4.98 Å². The summed E-state index contributed by atoms with van der Waals surface area (Å²) in [5.74, 6) is 0.250. The second-order valence-electron chi connectivity index (χ2n) is 9.86. The number of benzene rings is 2. The van der Waals surface area contributed by atoms with Gasteiger partial charge in [0.1, 0.15) is 5.75 Å². The summed E-state index contributed by atoms with van der Waals surface area (Å²) < 4.78 is 0. The number of aromatic nitrogens is 4. The van der Waals surface area contributed by atoms with E-state index in [1.807, 2.05) is 79.7 Å². The minimum absolute atomic E-state index is 0. The number of hydrogen-bond acceptors (Lipinski definition) is 6. The molecular formula is C34H23EuN4O2-. The number of rotatable bonds is 4. The topological polar surface area (TPSA) is 92.0 Å². The summed E-state index contributed by atoms with van der Waals surface area (Å²) in [6.45, 7) is 1.99. The Labute approximate surface area is 278 Å². The fourth-order valence-corrected chi connectivity index (χ4v) is 5.27. The maximum atomic E-state index is 11.3. The zero-order chi connectivity index (χ0) is 27.2. The summed E-state index contributed by atoms with van der Waals surface area (Å²) in [5.41, 5.74) is 9.81. The van der Waals surface area contributed by atoms with Crippen molar-refractivity contribution < 1.29 is 59.6 Å². The Morgan fingerprint density at radius 2 is 1.10 bits per heavy atom. The molecule has 6 aromatic rings. The number of hydrogen-bond donors (Lipinski definition) is 2. The van der Waals surface area contributed by atoms with Crippen LogP contribution >= 0.6 is 0 Å². The first-order valence-electron chi connectivity index (χ1n) is 13.0. The number of phenolic OH excluding ortho intramolecular Hbond substituents is 2. The van der Waals surface area contributed by atoms with Crippen molar-refractivity contribution in [2.24, 2.45) is 0 Å². The van der Waals surface area contributed by atoms with Crippen molar-refractivity contribution in [2.75, 3.05) is 0 Å². The largest absolute Gasteiger partial charge is 0.532 e. The van der Waals surface area contributed by atoms with Gasteiger partial charge in [0.2, 0.25) is 0 Å². The second kappa shape index (κ2) is 11.2. The first-order valence-corrected chi connectivity index (χ1v) is 13.0. The van der Waals surface area contributed by atoms with Crippen LogP contribution in [-0.4, -0.2) is 30.1 Å². The third-order valence-electron chi connectivity index (χ3n) is 7.22. The second-order valence-corrected chi connectivity index (χ2v) is 9.86. The zero-order valence-electron chi connectivity index (χ0n) is 22.0. The van der Waals surface area contributed by atoms with Gasteiger partial charge < -0.3 is 10.2 Å². The van der Waals surface area contributed by atoms with Gasteiger partial charge >= 0.3 is 0 Å². The van der Waals surface area contributed by atoms with Gasteiger partial charge in [0, 0.05) is 96.5 Å². The molecule has 0 aliphatic heterocycles. The van der Waals surface area contributed by atoms with Gasteiger partial charge in [-0.05, 0) is 72.1 Å². The zero-order valence-corrected chi connectivity index (χ0v) is 24.4. The van der Waals surface area contributed by atoms with Crippen molar-refractivity contribution in [3.05, 3.63) is 120 Å². The maximum absolute atomic E-state index is 11.3. The Morgan fingerprint density at radius 1 is 0.610 bits per heavy atom. The summed E-state index contributed by atoms with van der Waals surface area (Å²) in [4.78, 5) is 18.8. The van der Waals surface area contributed by atoms with Gasteiger partial charge in [-0.2, -0.15) is 18.2 Å². The molecule has 0 fully saturated rings. The van der Waals surface area contributed by atoms with Gasteiger partial charge in [-0.1, -0.05) is 35.4 Å². The molecule has 4 aromatic heterocycles. The van der Waals surface area contributed by atoms with Gasteiger partial charge in [0.05, 0.1) is 22.8 Å². The first kappa shape index (κ1) is 27.4. The average molecular weight is 672 g/mol. The smallest absolute Gasteiger partial charge is 0.134 e. The Hall–Kier alpha value is -3.78. The van der Waals surface area contributed by atoms with Gasteiger partial charge in [-0.3, -0.25) is 15.0 Å². The van der Waals surface area contributed by atoms with Crippen LogP contribution in [0, 0.1) is 62.4 Å². The molecule has 4 heterocycles. The molecule has 0 unspecified atom stereocenters. The standard InChI is InChI=1S/C34H23N4O2.Eu/c1-20-17-25(28-10-3-5-16-36-28)34(40)26(18-20)30-14-12-22-19-21-11-13-29(37-31(21)32(22)38-30)24-8-6-7-23(33(24)39)27-9-2-4-15-35-27;/h2-5,7-18,39-40H,19H2,1H3;/q-1;. The third-order valence-corrected chi connectivity index (χ3v) is 7.22. The van der Waals surface area contributed by atoms with E-state index in [2.05, 4.69) is 16.0 Å². The maximum Gasteiger partial charge on any atom is 0.134 e. The number of nitrogens with zero attached hydrogens (tertiary/aromatic N) is 4. The molecule has 2 aromatic carbocycles. The van der Waals surface area contributed by atoms with Crippen molar-refractivity contribution in [1.29, 1.82) is 0 Å². The molecule has 0 spiro atoms. The molecule has 7 heteroatoms. The minimum atomic E-state index is 0. The summed E-state index contributed by atoms with van der Waals surface area (Å²) in [7, 11) is 0. The van der Waals surface area contributed by atoms with E-state index < -0.39 is 0 Å². The molecule has 199 valence electrons. The van der Waals surface area contributed by atoms with Crippen molar-refractivity contribution in [3.8, 4) is 67.9 Å². The van der Waals surface area contributed by atoms with E-state index in [9.17, 15) is 10.2 Å². The quantitative estimate of drug-likeness (QED) is 0.196. The molecule has 2 N–H and O–H groups in total. The predicted molar refractivity (Wildman–Crippen MR) is 155 cm³/mol. The molecule has 6 nitrogen and oxygen atoms in total. The van der Waals surface area contributed by atoms with E-state index in [1.54, 1.807) is 24.5 Å². The minimum Gasteiger partial charge on any atom is -0.532 e. The van der Waals surface area contributed by atoms with Crippen LogP contribution in [0.15, 0.2) is 97.3 Å². The summed E-state index contributed by atoms with van der Waals surface area (Å²) in [6, 6.07) is 29.6. The van der Waals surface area contributed by atoms with Crippen LogP contribution < -0.4 is 0 Å². The molecule has 1 radical (unpaired) electrons. The SMILES string of the molecule is Cc1cc(-c2ccccn2)c(O)c(-c2ccc3c(n2)-c2nc(-c4c[c-]cc(-c5ccccn5)c4O)ccc2C3)c1.[Eu]. The van der Waals surface area contributed by atoms with Crippen LogP contribution in [0.2, 0.25) is 0 Å². The number of pyridine rings is 4. The van der Waals surface area contributed by atoms with Crippen LogP contribution in [0.3, 0.4) is 0 Å². The Morgan fingerprint density at radius 3 is 1.66 bits per heavy atom. The van der Waals surface area contributed by atoms with Crippen molar-refractivity contribution in [2.45, 2.75) is 13.3 Å². The van der Waals surface area contributed by atoms with Gasteiger partial charge in [0.15, 0.2) is 0 Å². The summed E-state index contributed by atoms with van der Waals surface area (Å²) >= 11 is 0. The molecule has 0 amide bonds. The van der Waals surface area contributed by atoms with E-state index in [-0.39, 0.29) is 60.9 Å². The van der Waals surface area contributed by atoms with Crippen molar-refractivity contribution in [3.63, 3.8) is 0 Å². The van der Waals surface area contributed by atoms with Crippen LogP contribution in [0.1, 0.15) is 16.7 Å². The molecule has 0 saturated heterocycles. The summed E-state index contributed by atoms with van der Waals surface area (Å²) in [5, 5.41) is 22.4. The van der Waals surface area contributed by atoms with Crippen molar-refractivity contribution >= 4 is 0 Å². The summed E-state index contributed by atoms with van der Waals surface area (Å²) in [6.07, 6.45) is 4.13. The van der Waals surface area contributed by atoms with Crippen LogP contribution in [-0.2, 0) is 6.42 Å². The van der Waals surface area contributed by atoms with E-state index in [1.165, 1.54) is 0 Å². The molecule has 0 bridgehead atoms. The molecule has 41 heavy (non-hydrogen) atoms.